The molecular weight excluding hydrogens is 325 g/mol. The first-order valence-corrected chi connectivity index (χ1v) is 8.33. The molecule has 24 heavy (non-hydrogen) atoms. The highest BCUT2D eigenvalue weighted by Crippen LogP contribution is 2.16. The number of hydrogen-bond acceptors (Lipinski definition) is 3. The molecule has 1 fully saturated rings. The SMILES string of the molecule is Fc1ccc(NC(=S)NCc2ccc(N3CCOCC3)cc2)cc1. The second kappa shape index (κ2) is 8.08. The lowest BCUT2D eigenvalue weighted by Crippen LogP contribution is -2.36. The summed E-state index contributed by atoms with van der Waals surface area (Å²) in [7, 11) is 0. The monoisotopic (exact) mass is 345 g/mol. The first-order chi connectivity index (χ1) is 11.7. The molecule has 1 saturated heterocycles. The highest BCUT2D eigenvalue weighted by atomic mass is 32.1. The Morgan fingerprint density at radius 2 is 1.71 bits per heavy atom. The summed E-state index contributed by atoms with van der Waals surface area (Å²) in [6.07, 6.45) is 0. The van der Waals surface area contributed by atoms with E-state index in [-0.39, 0.29) is 5.82 Å². The van der Waals surface area contributed by atoms with Gasteiger partial charge in [0.1, 0.15) is 5.82 Å². The number of hydrogen-bond donors (Lipinski definition) is 2. The van der Waals surface area contributed by atoms with Crippen LogP contribution in [0.1, 0.15) is 5.56 Å². The van der Waals surface area contributed by atoms with Crippen LogP contribution in [0.15, 0.2) is 48.5 Å². The van der Waals surface area contributed by atoms with Gasteiger partial charge in [-0.15, -0.1) is 0 Å². The third-order valence-corrected chi connectivity index (χ3v) is 4.11. The predicted octanol–water partition coefficient (Wildman–Crippen LogP) is 3.15. The van der Waals surface area contributed by atoms with Gasteiger partial charge in [-0.3, -0.25) is 0 Å². The van der Waals surface area contributed by atoms with Crippen LogP contribution in [0.4, 0.5) is 15.8 Å². The highest BCUT2D eigenvalue weighted by Gasteiger charge is 2.10. The molecule has 0 atom stereocenters. The van der Waals surface area contributed by atoms with E-state index in [1.165, 1.54) is 17.8 Å². The van der Waals surface area contributed by atoms with Gasteiger partial charge in [0, 0.05) is 31.0 Å². The highest BCUT2D eigenvalue weighted by molar-refractivity contribution is 7.80. The zero-order valence-electron chi connectivity index (χ0n) is 13.3. The van der Waals surface area contributed by atoms with E-state index in [0.29, 0.717) is 11.7 Å². The molecule has 1 heterocycles. The second-order valence-corrected chi connectivity index (χ2v) is 5.99. The van der Waals surface area contributed by atoms with Gasteiger partial charge < -0.3 is 20.3 Å². The Morgan fingerprint density at radius 1 is 1.04 bits per heavy atom. The molecule has 0 saturated carbocycles. The van der Waals surface area contributed by atoms with Crippen molar-refractivity contribution in [2.45, 2.75) is 6.54 Å². The van der Waals surface area contributed by atoms with Crippen molar-refractivity contribution in [3.8, 4) is 0 Å². The first-order valence-electron chi connectivity index (χ1n) is 7.93. The number of benzene rings is 2. The molecule has 3 rings (SSSR count). The summed E-state index contributed by atoms with van der Waals surface area (Å²) in [6, 6.07) is 14.5. The van der Waals surface area contributed by atoms with E-state index in [9.17, 15) is 4.39 Å². The number of ether oxygens (including phenoxy) is 1. The topological polar surface area (TPSA) is 36.5 Å². The summed E-state index contributed by atoms with van der Waals surface area (Å²) in [6.45, 7) is 4.07. The Hall–Kier alpha value is -2.18. The van der Waals surface area contributed by atoms with Crippen molar-refractivity contribution in [2.75, 3.05) is 36.5 Å². The number of halogens is 1. The minimum absolute atomic E-state index is 0.264. The normalized spacial score (nSPS) is 14.3. The smallest absolute Gasteiger partial charge is 0.171 e. The Morgan fingerprint density at radius 3 is 2.38 bits per heavy atom. The van der Waals surface area contributed by atoms with E-state index in [1.54, 1.807) is 12.1 Å². The minimum atomic E-state index is -0.264. The van der Waals surface area contributed by atoms with Crippen molar-refractivity contribution in [2.24, 2.45) is 0 Å². The maximum atomic E-state index is 12.9. The van der Waals surface area contributed by atoms with Crippen LogP contribution < -0.4 is 15.5 Å². The predicted molar refractivity (Wildman–Crippen MR) is 98.9 cm³/mol. The van der Waals surface area contributed by atoms with Gasteiger partial charge in [0.2, 0.25) is 0 Å². The number of nitrogens with one attached hydrogen (secondary N) is 2. The molecular formula is C18H20FN3OS. The fraction of sp³-hybridized carbons (Fsp3) is 0.278. The molecule has 2 aromatic carbocycles. The Bertz CT molecular complexity index is 670. The van der Waals surface area contributed by atoms with Crippen LogP contribution in [0.3, 0.4) is 0 Å². The number of rotatable bonds is 4. The van der Waals surface area contributed by atoms with Crippen LogP contribution in [-0.4, -0.2) is 31.4 Å². The lowest BCUT2D eigenvalue weighted by atomic mass is 10.2. The molecule has 6 heteroatoms. The van der Waals surface area contributed by atoms with E-state index in [1.807, 2.05) is 0 Å². The van der Waals surface area contributed by atoms with Gasteiger partial charge in [0.05, 0.1) is 13.2 Å². The molecule has 1 aliphatic rings. The second-order valence-electron chi connectivity index (χ2n) is 5.58. The number of thiocarbonyl (C=S) groups is 1. The van der Waals surface area contributed by atoms with Crippen LogP contribution in [0.2, 0.25) is 0 Å². The molecule has 0 amide bonds. The van der Waals surface area contributed by atoms with Crippen LogP contribution in [0.5, 0.6) is 0 Å². The third-order valence-electron chi connectivity index (χ3n) is 3.87. The Labute approximate surface area is 146 Å². The van der Waals surface area contributed by atoms with Gasteiger partial charge in [-0.2, -0.15) is 0 Å². The van der Waals surface area contributed by atoms with Crippen LogP contribution in [0, 0.1) is 5.82 Å². The van der Waals surface area contributed by atoms with Crippen molar-refractivity contribution in [3.05, 3.63) is 59.9 Å². The van der Waals surface area contributed by atoms with Crippen molar-refractivity contribution in [3.63, 3.8) is 0 Å². The van der Waals surface area contributed by atoms with Crippen LogP contribution >= 0.6 is 12.2 Å². The maximum Gasteiger partial charge on any atom is 0.171 e. The van der Waals surface area contributed by atoms with E-state index in [0.717, 1.165) is 37.6 Å². The zero-order chi connectivity index (χ0) is 16.8. The molecule has 1 aliphatic heterocycles. The van der Waals surface area contributed by atoms with Gasteiger partial charge in [0.15, 0.2) is 5.11 Å². The number of morpholine rings is 1. The Kier molecular flexibility index (Phi) is 5.61. The molecule has 0 spiro atoms. The van der Waals surface area contributed by atoms with Crippen molar-refractivity contribution < 1.29 is 9.13 Å². The molecule has 0 unspecified atom stereocenters. The molecule has 0 aliphatic carbocycles. The minimum Gasteiger partial charge on any atom is -0.378 e. The van der Waals surface area contributed by atoms with E-state index < -0.39 is 0 Å². The largest absolute Gasteiger partial charge is 0.378 e. The zero-order valence-corrected chi connectivity index (χ0v) is 14.1. The Balaban J connectivity index is 1.49. The van der Waals surface area contributed by atoms with Crippen molar-refractivity contribution >= 4 is 28.7 Å². The lowest BCUT2D eigenvalue weighted by molar-refractivity contribution is 0.122. The van der Waals surface area contributed by atoms with Crippen LogP contribution in [-0.2, 0) is 11.3 Å². The summed E-state index contributed by atoms with van der Waals surface area (Å²) in [5.74, 6) is -0.264. The van der Waals surface area contributed by atoms with E-state index >= 15 is 0 Å². The van der Waals surface area contributed by atoms with Gasteiger partial charge in [0.25, 0.3) is 0 Å². The molecule has 0 aromatic heterocycles. The third kappa shape index (κ3) is 4.66. The summed E-state index contributed by atoms with van der Waals surface area (Å²) in [4.78, 5) is 2.32. The molecule has 126 valence electrons. The maximum absolute atomic E-state index is 12.9. The molecule has 0 radical (unpaired) electrons. The van der Waals surface area contributed by atoms with Gasteiger partial charge in [-0.1, -0.05) is 12.1 Å². The number of anilines is 2. The summed E-state index contributed by atoms with van der Waals surface area (Å²) in [5, 5.41) is 6.70. The fourth-order valence-electron chi connectivity index (χ4n) is 2.54. The fourth-order valence-corrected chi connectivity index (χ4v) is 2.73. The van der Waals surface area contributed by atoms with E-state index in [2.05, 4.69) is 39.8 Å². The van der Waals surface area contributed by atoms with Crippen molar-refractivity contribution in [1.82, 2.24) is 5.32 Å². The van der Waals surface area contributed by atoms with Crippen molar-refractivity contribution in [1.29, 1.82) is 0 Å². The molecule has 2 N–H and O–H groups in total. The summed E-state index contributed by atoms with van der Waals surface area (Å²) >= 11 is 5.26. The summed E-state index contributed by atoms with van der Waals surface area (Å²) < 4.78 is 18.2. The van der Waals surface area contributed by atoms with Gasteiger partial charge in [-0.05, 0) is 54.2 Å². The molecule has 4 nitrogen and oxygen atoms in total. The first kappa shape index (κ1) is 16.7. The standard InChI is InChI=1S/C18H20FN3OS/c19-15-3-5-16(6-4-15)21-18(24)20-13-14-1-7-17(8-2-14)22-9-11-23-12-10-22/h1-8H,9-13H2,(H2,20,21,24). The van der Waals surface area contributed by atoms with E-state index in [4.69, 9.17) is 17.0 Å². The molecule has 2 aromatic rings. The number of nitrogens with zero attached hydrogens (tertiary/aromatic N) is 1. The van der Waals surface area contributed by atoms with Gasteiger partial charge in [-0.25, -0.2) is 4.39 Å². The molecule has 0 bridgehead atoms. The lowest BCUT2D eigenvalue weighted by Gasteiger charge is -2.28. The van der Waals surface area contributed by atoms with Gasteiger partial charge >= 0.3 is 0 Å². The quantitative estimate of drug-likeness (QED) is 0.833. The average molecular weight is 345 g/mol. The average Bonchev–Trinajstić information content (AvgIpc) is 2.63. The van der Waals surface area contributed by atoms with Crippen LogP contribution in [0.25, 0.3) is 0 Å². The summed E-state index contributed by atoms with van der Waals surface area (Å²) in [5.41, 5.74) is 3.13.